The Morgan fingerprint density at radius 3 is 2.95 bits per heavy atom. The Kier molecular flexibility index (Phi) is 3.86. The summed E-state index contributed by atoms with van der Waals surface area (Å²) in [4.78, 5) is 15.2. The molecular weight excluding hydrogens is 248 g/mol. The van der Waals surface area contributed by atoms with Crippen LogP contribution in [0.3, 0.4) is 0 Å². The standard InChI is InChI=1S/C12H14N4O3/c1-8(19-2)7-16-11(9-4-3-5-13-6-9)10(12(17)18)14-15-16/h3-6,8H,7H2,1-2H3,(H,17,18). The number of rotatable bonds is 5. The number of pyridine rings is 1. The number of ether oxygens (including phenoxy) is 1. The number of aromatic nitrogens is 4. The second-order valence-corrected chi connectivity index (χ2v) is 4.06. The van der Waals surface area contributed by atoms with Crippen molar-refractivity contribution in [2.24, 2.45) is 0 Å². The maximum atomic E-state index is 11.2. The number of hydrogen-bond acceptors (Lipinski definition) is 5. The van der Waals surface area contributed by atoms with Gasteiger partial charge in [0.2, 0.25) is 0 Å². The predicted octanol–water partition coefficient (Wildman–Crippen LogP) is 1.07. The van der Waals surface area contributed by atoms with Gasteiger partial charge in [0.1, 0.15) is 5.69 Å². The van der Waals surface area contributed by atoms with Crippen LogP contribution in [0.25, 0.3) is 11.3 Å². The summed E-state index contributed by atoms with van der Waals surface area (Å²) in [6, 6.07) is 3.50. The molecule has 0 aliphatic rings. The minimum absolute atomic E-state index is 0.0868. The van der Waals surface area contributed by atoms with Crippen molar-refractivity contribution >= 4 is 5.97 Å². The molecule has 1 atom stereocenters. The maximum absolute atomic E-state index is 11.2. The van der Waals surface area contributed by atoms with E-state index in [0.717, 1.165) is 0 Å². The Labute approximate surface area is 109 Å². The SMILES string of the molecule is COC(C)Cn1nnc(C(=O)O)c1-c1cccnc1. The van der Waals surface area contributed by atoms with Crippen LogP contribution in [0.5, 0.6) is 0 Å². The minimum Gasteiger partial charge on any atom is -0.476 e. The van der Waals surface area contributed by atoms with Crippen LogP contribution < -0.4 is 0 Å². The van der Waals surface area contributed by atoms with Gasteiger partial charge in [0, 0.05) is 25.1 Å². The van der Waals surface area contributed by atoms with Crippen molar-refractivity contribution in [1.82, 2.24) is 20.0 Å². The van der Waals surface area contributed by atoms with Crippen molar-refractivity contribution in [3.8, 4) is 11.3 Å². The summed E-state index contributed by atoms with van der Waals surface area (Å²) in [6.07, 6.45) is 3.10. The highest BCUT2D eigenvalue weighted by Gasteiger charge is 2.21. The first-order chi connectivity index (χ1) is 9.13. The van der Waals surface area contributed by atoms with E-state index >= 15 is 0 Å². The molecule has 0 amide bonds. The molecule has 2 rings (SSSR count). The largest absolute Gasteiger partial charge is 0.476 e. The third kappa shape index (κ3) is 2.76. The van der Waals surface area contributed by atoms with Gasteiger partial charge in [-0.15, -0.1) is 5.10 Å². The molecule has 100 valence electrons. The highest BCUT2D eigenvalue weighted by Crippen LogP contribution is 2.21. The monoisotopic (exact) mass is 262 g/mol. The number of carboxylic acids is 1. The Balaban J connectivity index is 2.48. The quantitative estimate of drug-likeness (QED) is 0.866. The molecule has 0 fully saturated rings. The number of carboxylic acid groups (broad SMARTS) is 1. The number of nitrogens with zero attached hydrogens (tertiary/aromatic N) is 4. The van der Waals surface area contributed by atoms with Crippen molar-refractivity contribution in [1.29, 1.82) is 0 Å². The van der Waals surface area contributed by atoms with Crippen LogP contribution in [-0.4, -0.2) is 44.3 Å². The van der Waals surface area contributed by atoms with E-state index in [1.54, 1.807) is 31.6 Å². The summed E-state index contributed by atoms with van der Waals surface area (Å²) in [5.74, 6) is -1.12. The summed E-state index contributed by atoms with van der Waals surface area (Å²) in [7, 11) is 1.59. The molecule has 19 heavy (non-hydrogen) atoms. The van der Waals surface area contributed by atoms with Crippen molar-refractivity contribution in [2.75, 3.05) is 7.11 Å². The van der Waals surface area contributed by atoms with Gasteiger partial charge in [-0.3, -0.25) is 4.98 Å². The maximum Gasteiger partial charge on any atom is 0.358 e. The molecule has 0 aliphatic carbocycles. The van der Waals surface area contributed by atoms with Crippen molar-refractivity contribution in [2.45, 2.75) is 19.6 Å². The smallest absolute Gasteiger partial charge is 0.358 e. The van der Waals surface area contributed by atoms with Gasteiger partial charge < -0.3 is 9.84 Å². The highest BCUT2D eigenvalue weighted by atomic mass is 16.5. The average Bonchev–Trinajstić information content (AvgIpc) is 2.83. The first kappa shape index (κ1) is 13.2. The van der Waals surface area contributed by atoms with Crippen molar-refractivity contribution in [3.05, 3.63) is 30.2 Å². The Hall–Kier alpha value is -2.28. The van der Waals surface area contributed by atoms with Crippen LogP contribution in [-0.2, 0) is 11.3 Å². The molecule has 7 heteroatoms. The van der Waals surface area contributed by atoms with Gasteiger partial charge in [-0.05, 0) is 19.1 Å². The fourth-order valence-electron chi connectivity index (χ4n) is 1.69. The molecule has 0 radical (unpaired) electrons. The van der Waals surface area contributed by atoms with Gasteiger partial charge in [0.25, 0.3) is 0 Å². The van der Waals surface area contributed by atoms with Crippen molar-refractivity contribution in [3.63, 3.8) is 0 Å². The predicted molar refractivity (Wildman–Crippen MR) is 66.7 cm³/mol. The fraction of sp³-hybridized carbons (Fsp3) is 0.333. The van der Waals surface area contributed by atoms with E-state index in [0.29, 0.717) is 17.8 Å². The van der Waals surface area contributed by atoms with Crippen LogP contribution in [0.2, 0.25) is 0 Å². The average molecular weight is 262 g/mol. The molecule has 2 aromatic rings. The molecule has 0 bridgehead atoms. The van der Waals surface area contributed by atoms with E-state index < -0.39 is 5.97 Å². The fourth-order valence-corrected chi connectivity index (χ4v) is 1.69. The first-order valence-electron chi connectivity index (χ1n) is 5.73. The lowest BCUT2D eigenvalue weighted by atomic mass is 10.1. The molecule has 1 unspecified atom stereocenters. The summed E-state index contributed by atoms with van der Waals surface area (Å²) in [6.45, 7) is 2.29. The summed E-state index contributed by atoms with van der Waals surface area (Å²) < 4.78 is 6.69. The minimum atomic E-state index is -1.12. The number of methoxy groups -OCH3 is 1. The van der Waals surface area contributed by atoms with Crippen LogP contribution >= 0.6 is 0 Å². The molecule has 0 aliphatic heterocycles. The van der Waals surface area contributed by atoms with Crippen LogP contribution in [0.15, 0.2) is 24.5 Å². The van der Waals surface area contributed by atoms with Gasteiger partial charge in [0.15, 0.2) is 5.69 Å². The normalized spacial score (nSPS) is 12.3. The second kappa shape index (κ2) is 5.57. The number of aromatic carboxylic acids is 1. The van der Waals surface area contributed by atoms with E-state index in [1.807, 2.05) is 6.92 Å². The first-order valence-corrected chi connectivity index (χ1v) is 5.73. The molecular formula is C12H14N4O3. The van der Waals surface area contributed by atoms with E-state index in [1.165, 1.54) is 4.68 Å². The van der Waals surface area contributed by atoms with Gasteiger partial charge in [-0.1, -0.05) is 5.21 Å². The summed E-state index contributed by atoms with van der Waals surface area (Å²) >= 11 is 0. The molecule has 2 aromatic heterocycles. The van der Waals surface area contributed by atoms with Gasteiger partial charge in [0.05, 0.1) is 12.6 Å². The van der Waals surface area contributed by atoms with Gasteiger partial charge in [-0.2, -0.15) is 0 Å². The van der Waals surface area contributed by atoms with Gasteiger partial charge in [-0.25, -0.2) is 9.48 Å². The van der Waals surface area contributed by atoms with E-state index in [4.69, 9.17) is 9.84 Å². The van der Waals surface area contributed by atoms with Crippen molar-refractivity contribution < 1.29 is 14.6 Å². The lowest BCUT2D eigenvalue weighted by molar-refractivity contribution is 0.0691. The molecule has 0 saturated heterocycles. The van der Waals surface area contributed by atoms with Crippen LogP contribution in [0, 0.1) is 0 Å². The molecule has 0 aromatic carbocycles. The molecule has 0 spiro atoms. The Morgan fingerprint density at radius 2 is 2.37 bits per heavy atom. The van der Waals surface area contributed by atoms with Crippen LogP contribution in [0.1, 0.15) is 17.4 Å². The Morgan fingerprint density at radius 1 is 1.58 bits per heavy atom. The summed E-state index contributed by atoms with van der Waals surface area (Å²) in [5, 5.41) is 16.8. The van der Waals surface area contributed by atoms with E-state index in [2.05, 4.69) is 15.3 Å². The zero-order valence-corrected chi connectivity index (χ0v) is 10.6. The van der Waals surface area contributed by atoms with Gasteiger partial charge >= 0.3 is 5.97 Å². The molecule has 7 nitrogen and oxygen atoms in total. The molecule has 1 N–H and O–H groups in total. The number of carbonyl (C=O) groups is 1. The van der Waals surface area contributed by atoms with E-state index in [9.17, 15) is 4.79 Å². The molecule has 2 heterocycles. The second-order valence-electron chi connectivity index (χ2n) is 4.06. The lowest BCUT2D eigenvalue weighted by Gasteiger charge is -2.11. The zero-order valence-electron chi connectivity index (χ0n) is 10.6. The van der Waals surface area contributed by atoms with Crippen LogP contribution in [0.4, 0.5) is 0 Å². The highest BCUT2D eigenvalue weighted by molar-refractivity contribution is 5.92. The summed E-state index contributed by atoms with van der Waals surface area (Å²) in [5.41, 5.74) is 1.01. The third-order valence-electron chi connectivity index (χ3n) is 2.71. The zero-order chi connectivity index (χ0) is 13.8. The lowest BCUT2D eigenvalue weighted by Crippen LogP contribution is -2.17. The number of hydrogen-bond donors (Lipinski definition) is 1. The topological polar surface area (TPSA) is 90.1 Å². The molecule has 0 saturated carbocycles. The Bertz CT molecular complexity index is 568. The van der Waals surface area contributed by atoms with E-state index in [-0.39, 0.29) is 11.8 Å². The third-order valence-corrected chi connectivity index (χ3v) is 2.71.